The first kappa shape index (κ1) is 23.8. The Labute approximate surface area is 199 Å². The molecule has 4 rings (SSSR count). The van der Waals surface area contributed by atoms with E-state index in [1.165, 1.54) is 28.8 Å². The number of benzene rings is 1. The van der Waals surface area contributed by atoms with Crippen LogP contribution >= 0.6 is 11.8 Å². The van der Waals surface area contributed by atoms with Crippen molar-refractivity contribution in [1.29, 1.82) is 0 Å². The lowest BCUT2D eigenvalue weighted by Gasteiger charge is -2.31. The number of nitrogens with zero attached hydrogens (tertiary/aromatic N) is 3. The molecule has 0 atom stereocenters. The van der Waals surface area contributed by atoms with Crippen molar-refractivity contribution in [3.8, 4) is 5.69 Å². The van der Waals surface area contributed by atoms with Gasteiger partial charge in [0, 0.05) is 24.8 Å². The maximum absolute atomic E-state index is 13.4. The molecule has 0 saturated carbocycles. The van der Waals surface area contributed by atoms with Gasteiger partial charge in [-0.05, 0) is 57.0 Å². The molecule has 9 nitrogen and oxygen atoms in total. The molecule has 1 aliphatic heterocycles. The number of likely N-dealkylation sites (tertiary alicyclic amines) is 1. The van der Waals surface area contributed by atoms with Gasteiger partial charge in [0.15, 0.2) is 5.16 Å². The molecule has 1 aliphatic rings. The van der Waals surface area contributed by atoms with Crippen molar-refractivity contribution in [3.05, 3.63) is 52.2 Å². The minimum absolute atomic E-state index is 0.0409. The molecule has 0 bridgehead atoms. The molecule has 2 N–H and O–H groups in total. The lowest BCUT2D eigenvalue weighted by molar-refractivity contribution is -0.119. The quantitative estimate of drug-likeness (QED) is 0.409. The Morgan fingerprint density at radius 1 is 1.26 bits per heavy atom. The molecule has 2 aromatic heterocycles. The molecule has 1 saturated heterocycles. The third kappa shape index (κ3) is 5.24. The molecular formula is C23H26FN5O4S. The number of aryl methyl sites for hydroxylation is 1. The van der Waals surface area contributed by atoms with Crippen LogP contribution in [0.3, 0.4) is 0 Å². The summed E-state index contributed by atoms with van der Waals surface area (Å²) in [6.45, 7) is 4.97. The first-order chi connectivity index (χ1) is 16.4. The van der Waals surface area contributed by atoms with Gasteiger partial charge in [0.1, 0.15) is 11.3 Å². The normalized spacial score (nSPS) is 14.4. The summed E-state index contributed by atoms with van der Waals surface area (Å²) < 4.78 is 19.8. The molecule has 1 fully saturated rings. The number of rotatable bonds is 6. The summed E-state index contributed by atoms with van der Waals surface area (Å²) in [6.07, 6.45) is 0.952. The van der Waals surface area contributed by atoms with Gasteiger partial charge >= 0.3 is 6.09 Å². The van der Waals surface area contributed by atoms with E-state index in [1.54, 1.807) is 17.9 Å². The molecule has 0 unspecified atom stereocenters. The van der Waals surface area contributed by atoms with Crippen molar-refractivity contribution >= 4 is 34.8 Å². The van der Waals surface area contributed by atoms with Crippen molar-refractivity contribution in [2.45, 2.75) is 37.9 Å². The molecule has 2 amide bonds. The first-order valence-corrected chi connectivity index (χ1v) is 12.1. The fraction of sp³-hybridized carbons (Fsp3) is 0.391. The van der Waals surface area contributed by atoms with Crippen LogP contribution in [0.2, 0.25) is 0 Å². The van der Waals surface area contributed by atoms with Crippen LogP contribution in [0.15, 0.2) is 40.3 Å². The van der Waals surface area contributed by atoms with Crippen LogP contribution in [-0.2, 0) is 9.53 Å². The van der Waals surface area contributed by atoms with Gasteiger partial charge in [-0.2, -0.15) is 0 Å². The monoisotopic (exact) mass is 487 g/mol. The Balaban J connectivity index is 1.46. The number of ether oxygens (including phenoxy) is 1. The lowest BCUT2D eigenvalue weighted by Crippen LogP contribution is -2.47. The molecule has 34 heavy (non-hydrogen) atoms. The van der Waals surface area contributed by atoms with E-state index in [-0.39, 0.29) is 29.4 Å². The summed E-state index contributed by atoms with van der Waals surface area (Å²) in [5, 5.41) is 3.34. The molecule has 0 spiro atoms. The second kappa shape index (κ2) is 10.3. The number of aromatic nitrogens is 3. The zero-order valence-electron chi connectivity index (χ0n) is 19.0. The number of hydrogen-bond donors (Lipinski definition) is 2. The molecule has 11 heteroatoms. The molecule has 0 radical (unpaired) electrons. The highest BCUT2D eigenvalue weighted by Gasteiger charge is 2.25. The topological polar surface area (TPSA) is 109 Å². The Morgan fingerprint density at radius 2 is 1.97 bits per heavy atom. The predicted octanol–water partition coefficient (Wildman–Crippen LogP) is 2.99. The van der Waals surface area contributed by atoms with E-state index in [2.05, 4.69) is 15.3 Å². The second-order valence-electron chi connectivity index (χ2n) is 8.04. The highest BCUT2D eigenvalue weighted by Crippen LogP contribution is 2.22. The number of fused-ring (bicyclic) bond motifs is 1. The van der Waals surface area contributed by atoms with Crippen molar-refractivity contribution in [2.75, 3.05) is 25.4 Å². The standard InChI is InChI=1S/C23H26FN5O4S/c1-3-33-23(32)28-10-8-16(9-11-28)26-19(30)13-34-22-27-18-12-14(2)25-20(18)21(31)29(22)17-6-4-15(24)5-7-17/h4-7,12,16,25H,3,8-11,13H2,1-2H3,(H,26,30). The number of nitrogens with one attached hydrogen (secondary N) is 2. The van der Waals surface area contributed by atoms with Crippen LogP contribution in [0.25, 0.3) is 16.7 Å². The molecule has 1 aromatic carbocycles. The number of halogens is 1. The number of thioether (sulfide) groups is 1. The van der Waals surface area contributed by atoms with E-state index in [1.807, 2.05) is 6.92 Å². The molecule has 180 valence electrons. The molecular weight excluding hydrogens is 461 g/mol. The number of aromatic amines is 1. The highest BCUT2D eigenvalue weighted by atomic mass is 32.2. The largest absolute Gasteiger partial charge is 0.450 e. The molecule has 0 aliphatic carbocycles. The minimum Gasteiger partial charge on any atom is -0.450 e. The summed E-state index contributed by atoms with van der Waals surface area (Å²) in [5.74, 6) is -0.547. The van der Waals surface area contributed by atoms with Gasteiger partial charge in [0.25, 0.3) is 5.56 Å². The van der Waals surface area contributed by atoms with Crippen LogP contribution in [-0.4, -0.2) is 62.9 Å². The number of hydrogen-bond acceptors (Lipinski definition) is 6. The summed E-state index contributed by atoms with van der Waals surface area (Å²) in [7, 11) is 0. The van der Waals surface area contributed by atoms with E-state index in [4.69, 9.17) is 4.74 Å². The van der Waals surface area contributed by atoms with Gasteiger partial charge in [-0.3, -0.25) is 14.2 Å². The van der Waals surface area contributed by atoms with Crippen molar-refractivity contribution in [1.82, 2.24) is 24.8 Å². The Kier molecular flexibility index (Phi) is 7.20. The number of carbonyl (C=O) groups is 2. The van der Waals surface area contributed by atoms with E-state index in [9.17, 15) is 18.8 Å². The van der Waals surface area contributed by atoms with E-state index in [0.717, 1.165) is 17.5 Å². The first-order valence-electron chi connectivity index (χ1n) is 11.1. The average molecular weight is 488 g/mol. The van der Waals surface area contributed by atoms with Gasteiger partial charge in [-0.25, -0.2) is 14.2 Å². The van der Waals surface area contributed by atoms with Crippen LogP contribution in [0.5, 0.6) is 0 Å². The minimum atomic E-state index is -0.413. The van der Waals surface area contributed by atoms with Crippen molar-refractivity contribution < 1.29 is 18.7 Å². The summed E-state index contributed by atoms with van der Waals surface area (Å²) in [6, 6.07) is 7.28. The van der Waals surface area contributed by atoms with Gasteiger partial charge in [-0.1, -0.05) is 11.8 Å². The third-order valence-electron chi connectivity index (χ3n) is 5.56. The summed E-state index contributed by atoms with van der Waals surface area (Å²) in [4.78, 5) is 46.9. The lowest BCUT2D eigenvalue weighted by atomic mass is 10.1. The van der Waals surface area contributed by atoms with Crippen LogP contribution in [0.4, 0.5) is 9.18 Å². The zero-order valence-corrected chi connectivity index (χ0v) is 19.8. The maximum atomic E-state index is 13.4. The Hall–Kier alpha value is -3.34. The SMILES string of the molecule is CCOC(=O)N1CCC(NC(=O)CSc2nc3cc(C)[nH]c3c(=O)n2-c2ccc(F)cc2)CC1. The van der Waals surface area contributed by atoms with E-state index < -0.39 is 5.82 Å². The fourth-order valence-electron chi connectivity index (χ4n) is 3.91. The van der Waals surface area contributed by atoms with Gasteiger partial charge in [0.2, 0.25) is 5.91 Å². The molecule has 3 aromatic rings. The number of carbonyl (C=O) groups excluding carboxylic acids is 2. The predicted molar refractivity (Wildman–Crippen MR) is 127 cm³/mol. The third-order valence-corrected chi connectivity index (χ3v) is 6.50. The smallest absolute Gasteiger partial charge is 0.409 e. The Bertz CT molecular complexity index is 1250. The number of H-pyrrole nitrogens is 1. The Morgan fingerprint density at radius 3 is 2.65 bits per heavy atom. The van der Waals surface area contributed by atoms with Crippen molar-refractivity contribution in [2.24, 2.45) is 0 Å². The van der Waals surface area contributed by atoms with Gasteiger partial charge in [0.05, 0.1) is 23.6 Å². The number of amides is 2. The van der Waals surface area contributed by atoms with Gasteiger partial charge in [-0.15, -0.1) is 0 Å². The van der Waals surface area contributed by atoms with Crippen LogP contribution in [0.1, 0.15) is 25.5 Å². The van der Waals surface area contributed by atoms with Crippen LogP contribution in [0, 0.1) is 12.7 Å². The average Bonchev–Trinajstić information content (AvgIpc) is 3.20. The second-order valence-corrected chi connectivity index (χ2v) is 8.98. The zero-order chi connectivity index (χ0) is 24.2. The summed E-state index contributed by atoms with van der Waals surface area (Å²) in [5.41, 5.74) is 1.79. The molecule has 3 heterocycles. The fourth-order valence-corrected chi connectivity index (χ4v) is 4.74. The maximum Gasteiger partial charge on any atom is 0.409 e. The highest BCUT2D eigenvalue weighted by molar-refractivity contribution is 7.99. The van der Waals surface area contributed by atoms with E-state index in [0.29, 0.717) is 54.4 Å². The van der Waals surface area contributed by atoms with E-state index >= 15 is 0 Å². The summed E-state index contributed by atoms with van der Waals surface area (Å²) >= 11 is 1.14. The number of piperidine rings is 1. The van der Waals surface area contributed by atoms with Gasteiger partial charge < -0.3 is 19.9 Å². The van der Waals surface area contributed by atoms with Crippen molar-refractivity contribution in [3.63, 3.8) is 0 Å². The van der Waals surface area contributed by atoms with Crippen LogP contribution < -0.4 is 10.9 Å².